The summed E-state index contributed by atoms with van der Waals surface area (Å²) in [7, 11) is 0. The van der Waals surface area contributed by atoms with Gasteiger partial charge in [-0.3, -0.25) is 9.59 Å². The first-order valence-corrected chi connectivity index (χ1v) is 5.66. The number of hydrogen-bond acceptors (Lipinski definition) is 8. The van der Waals surface area contributed by atoms with Gasteiger partial charge < -0.3 is 35.7 Å². The molecule has 9 heteroatoms. The second-order valence-electron chi connectivity index (χ2n) is 3.20. The first-order valence-electron chi connectivity index (χ1n) is 5.66. The summed E-state index contributed by atoms with van der Waals surface area (Å²) in [4.78, 5) is 19.5. The molecule has 0 aromatic heterocycles. The zero-order valence-corrected chi connectivity index (χ0v) is 11.8. The Morgan fingerprint density at radius 1 is 0.900 bits per heavy atom. The molecule has 0 aliphatic carbocycles. The number of aliphatic hydroxyl groups excluding tert-OH is 6. The molecule has 0 fully saturated rings. The number of Topliss-reactive ketones (excluding diaryl/α,β-unsaturated/α-hetero) is 1. The van der Waals surface area contributed by atoms with Gasteiger partial charge in [0.25, 0.3) is 0 Å². The summed E-state index contributed by atoms with van der Waals surface area (Å²) in [5, 5.41) is 54.4. The largest absolute Gasteiger partial charge is 0.481 e. The number of aliphatic hydroxyl groups is 6. The summed E-state index contributed by atoms with van der Waals surface area (Å²) in [6.07, 6.45) is -0.921. The van der Waals surface area contributed by atoms with Crippen LogP contribution < -0.4 is 0 Å². The van der Waals surface area contributed by atoms with E-state index in [2.05, 4.69) is 0 Å². The van der Waals surface area contributed by atoms with Crippen molar-refractivity contribution < 1.29 is 45.3 Å². The highest BCUT2D eigenvalue weighted by Crippen LogP contribution is 1.77. The first-order chi connectivity index (χ1) is 9.22. The highest BCUT2D eigenvalue weighted by Gasteiger charge is 1.98. The van der Waals surface area contributed by atoms with Crippen LogP contribution in [0.1, 0.15) is 20.3 Å². The van der Waals surface area contributed by atoms with E-state index in [9.17, 15) is 9.59 Å². The zero-order valence-electron chi connectivity index (χ0n) is 11.8. The van der Waals surface area contributed by atoms with Crippen LogP contribution >= 0.6 is 0 Å². The second kappa shape index (κ2) is 26.5. The average molecular weight is 302 g/mol. The van der Waals surface area contributed by atoms with Crippen molar-refractivity contribution in [2.24, 2.45) is 0 Å². The first kappa shape index (κ1) is 27.3. The Morgan fingerprint density at radius 3 is 1.15 bits per heavy atom. The molecule has 0 aliphatic rings. The Morgan fingerprint density at radius 2 is 1.15 bits per heavy atom. The highest BCUT2D eigenvalue weighted by molar-refractivity contribution is 5.93. The van der Waals surface area contributed by atoms with Crippen molar-refractivity contribution in [3.05, 3.63) is 0 Å². The van der Waals surface area contributed by atoms with Crippen molar-refractivity contribution in [1.29, 1.82) is 0 Å². The van der Waals surface area contributed by atoms with Crippen LogP contribution in [0.4, 0.5) is 0 Å². The Labute approximate surface area is 117 Å². The molecule has 0 rings (SSSR count). The lowest BCUT2D eigenvalue weighted by molar-refractivity contribution is -0.139. The van der Waals surface area contributed by atoms with Crippen molar-refractivity contribution in [3.63, 3.8) is 0 Å². The van der Waals surface area contributed by atoms with E-state index in [1.165, 1.54) is 13.8 Å². The van der Waals surface area contributed by atoms with Crippen molar-refractivity contribution in [2.75, 3.05) is 33.0 Å². The number of hydrogen-bond donors (Lipinski definition) is 7. The molecule has 0 amide bonds. The molecule has 1 unspecified atom stereocenters. The standard InChI is InChI=1S/C4H6O3.C3H8O2.2C2H6O2/c1-3(5)2-4(6)7;1-3(5)2-4;2*3-1-2-4/h2H2,1H3,(H,6,7);3-5H,2H2,1H3;2*3-4H,1-2H2. The van der Waals surface area contributed by atoms with Gasteiger partial charge in [0.15, 0.2) is 0 Å². The smallest absolute Gasteiger partial charge is 0.310 e. The van der Waals surface area contributed by atoms with E-state index in [1.807, 2.05) is 0 Å². The molecule has 0 aromatic rings. The Bertz CT molecular complexity index is 174. The van der Waals surface area contributed by atoms with Gasteiger partial charge in [0.1, 0.15) is 12.2 Å². The number of carboxylic acid groups (broad SMARTS) is 1. The minimum absolute atomic E-state index is 0.125. The molecule has 0 bridgehead atoms. The van der Waals surface area contributed by atoms with E-state index < -0.39 is 12.1 Å². The van der Waals surface area contributed by atoms with Crippen LogP contribution in [0.2, 0.25) is 0 Å². The summed E-state index contributed by atoms with van der Waals surface area (Å²) in [5.74, 6) is -1.37. The molecule has 124 valence electrons. The van der Waals surface area contributed by atoms with E-state index in [0.717, 1.165) is 0 Å². The van der Waals surface area contributed by atoms with Crippen molar-refractivity contribution in [1.82, 2.24) is 0 Å². The fourth-order valence-electron chi connectivity index (χ4n) is 0.213. The zero-order chi connectivity index (χ0) is 17.0. The molecule has 0 spiro atoms. The number of rotatable bonds is 5. The summed E-state index contributed by atoms with van der Waals surface area (Å²) in [6, 6.07) is 0. The van der Waals surface area contributed by atoms with Crippen LogP contribution in [0.5, 0.6) is 0 Å². The Kier molecular flexibility index (Phi) is 36.1. The summed E-state index contributed by atoms with van der Waals surface area (Å²) in [5.41, 5.74) is 0. The van der Waals surface area contributed by atoms with Crippen LogP contribution in [-0.4, -0.2) is 86.6 Å². The molecule has 1 atom stereocenters. The van der Waals surface area contributed by atoms with Gasteiger partial charge in [0.2, 0.25) is 0 Å². The van der Waals surface area contributed by atoms with Gasteiger partial charge in [-0.05, 0) is 13.8 Å². The number of carbonyl (C=O) groups excluding carboxylic acids is 1. The lowest BCUT2D eigenvalue weighted by Gasteiger charge is -1.90. The van der Waals surface area contributed by atoms with Crippen LogP contribution in [0.3, 0.4) is 0 Å². The average Bonchev–Trinajstić information content (AvgIpc) is 2.38. The molecule has 0 aromatic carbocycles. The van der Waals surface area contributed by atoms with Gasteiger partial charge in [-0.25, -0.2) is 0 Å². The molecular weight excluding hydrogens is 276 g/mol. The van der Waals surface area contributed by atoms with Gasteiger partial charge in [0, 0.05) is 0 Å². The van der Waals surface area contributed by atoms with Crippen molar-refractivity contribution >= 4 is 11.8 Å². The lowest BCUT2D eigenvalue weighted by Crippen LogP contribution is -2.03. The van der Waals surface area contributed by atoms with Crippen LogP contribution in [0.25, 0.3) is 0 Å². The van der Waals surface area contributed by atoms with Gasteiger partial charge in [-0.2, -0.15) is 0 Å². The third-order valence-electron chi connectivity index (χ3n) is 0.864. The molecule has 20 heavy (non-hydrogen) atoms. The lowest BCUT2D eigenvalue weighted by atomic mass is 10.3. The van der Waals surface area contributed by atoms with E-state index in [4.69, 9.17) is 35.7 Å². The minimum Gasteiger partial charge on any atom is -0.481 e. The third-order valence-corrected chi connectivity index (χ3v) is 0.864. The Balaban J connectivity index is -0.0000000883. The minimum atomic E-state index is -1.06. The maximum Gasteiger partial charge on any atom is 0.310 e. The molecule has 0 heterocycles. The maximum absolute atomic E-state index is 9.87. The second-order valence-corrected chi connectivity index (χ2v) is 3.20. The molecular formula is C11H26O9. The van der Waals surface area contributed by atoms with Gasteiger partial charge in [-0.1, -0.05) is 0 Å². The molecule has 0 saturated carbocycles. The summed E-state index contributed by atoms with van der Waals surface area (Å²) >= 11 is 0. The predicted octanol–water partition coefficient (Wildman–Crippen LogP) is -2.65. The topological polar surface area (TPSA) is 176 Å². The third kappa shape index (κ3) is 89.7. The number of carbonyl (C=O) groups is 2. The van der Waals surface area contributed by atoms with Crippen molar-refractivity contribution in [3.8, 4) is 0 Å². The fourth-order valence-corrected chi connectivity index (χ4v) is 0.213. The van der Waals surface area contributed by atoms with Gasteiger partial charge in [-0.15, -0.1) is 0 Å². The molecule has 0 radical (unpaired) electrons. The van der Waals surface area contributed by atoms with E-state index in [-0.39, 0.29) is 45.2 Å². The normalized spacial score (nSPS) is 9.60. The molecule has 0 aliphatic heterocycles. The van der Waals surface area contributed by atoms with E-state index >= 15 is 0 Å². The maximum atomic E-state index is 9.87. The summed E-state index contributed by atoms with van der Waals surface area (Å²) < 4.78 is 0. The Hall–Kier alpha value is -1.10. The number of carboxylic acids is 1. The van der Waals surface area contributed by atoms with Gasteiger partial charge >= 0.3 is 5.97 Å². The quantitative estimate of drug-likeness (QED) is 0.267. The van der Waals surface area contributed by atoms with Crippen LogP contribution in [0.15, 0.2) is 0 Å². The molecule has 9 nitrogen and oxygen atoms in total. The van der Waals surface area contributed by atoms with Crippen LogP contribution in [-0.2, 0) is 9.59 Å². The predicted molar refractivity (Wildman–Crippen MR) is 70.0 cm³/mol. The highest BCUT2D eigenvalue weighted by atomic mass is 16.4. The fraction of sp³-hybridized carbons (Fsp3) is 0.818. The van der Waals surface area contributed by atoms with Gasteiger partial charge in [0.05, 0.1) is 39.1 Å². The molecule has 0 saturated heterocycles. The monoisotopic (exact) mass is 302 g/mol. The van der Waals surface area contributed by atoms with E-state index in [1.54, 1.807) is 0 Å². The van der Waals surface area contributed by atoms with E-state index in [0.29, 0.717) is 0 Å². The summed E-state index contributed by atoms with van der Waals surface area (Å²) in [6.45, 7) is 2.13. The SMILES string of the molecule is CC(=O)CC(=O)O.CC(O)CO.OCCO.OCCO. The number of ketones is 1. The number of aliphatic carboxylic acids is 1. The van der Waals surface area contributed by atoms with Crippen LogP contribution in [0, 0.1) is 0 Å². The van der Waals surface area contributed by atoms with Crippen molar-refractivity contribution in [2.45, 2.75) is 26.4 Å². The molecule has 7 N–H and O–H groups in total.